The van der Waals surface area contributed by atoms with Crippen molar-refractivity contribution in [3.63, 3.8) is 0 Å². The Morgan fingerprint density at radius 1 is 0.792 bits per heavy atom. The van der Waals surface area contributed by atoms with Crippen molar-refractivity contribution in [3.05, 3.63) is 83.9 Å². The fourth-order valence-corrected chi connectivity index (χ4v) is 2.44. The number of hydrogen-bond acceptors (Lipinski definition) is 3. The normalized spacial score (nSPS) is 10.2. The van der Waals surface area contributed by atoms with Crippen LogP contribution in [-0.2, 0) is 0 Å². The topological polar surface area (TPSA) is 35.5 Å². The first kappa shape index (κ1) is 15.8. The molecule has 3 nitrogen and oxygen atoms in total. The minimum Gasteiger partial charge on any atom is -0.496 e. The predicted molar refractivity (Wildman–Crippen MR) is 94.6 cm³/mol. The minimum atomic E-state index is -0.435. The molecule has 0 spiro atoms. The zero-order valence-corrected chi connectivity index (χ0v) is 13.7. The van der Waals surface area contributed by atoms with Crippen LogP contribution in [0.2, 0.25) is 0 Å². The van der Waals surface area contributed by atoms with Gasteiger partial charge in [-0.05, 0) is 42.3 Å². The maximum absolute atomic E-state index is 12.3. The summed E-state index contributed by atoms with van der Waals surface area (Å²) in [5, 5.41) is 0. The highest BCUT2D eigenvalue weighted by molar-refractivity contribution is 5.94. The summed E-state index contributed by atoms with van der Waals surface area (Å²) < 4.78 is 10.6. The van der Waals surface area contributed by atoms with E-state index < -0.39 is 5.97 Å². The summed E-state index contributed by atoms with van der Waals surface area (Å²) in [5.41, 5.74) is 3.83. The minimum absolute atomic E-state index is 0.405. The molecule has 120 valence electrons. The maximum atomic E-state index is 12.3. The Morgan fingerprint density at radius 3 is 2.00 bits per heavy atom. The summed E-state index contributed by atoms with van der Waals surface area (Å²) in [6, 6.07) is 22.8. The van der Waals surface area contributed by atoms with Crippen LogP contribution in [0.4, 0.5) is 0 Å². The van der Waals surface area contributed by atoms with Crippen molar-refractivity contribution in [3.8, 4) is 22.6 Å². The van der Waals surface area contributed by atoms with Gasteiger partial charge in [0.25, 0.3) is 0 Å². The molecule has 3 aromatic carbocycles. The maximum Gasteiger partial charge on any atom is 0.347 e. The number of methoxy groups -OCH3 is 1. The lowest BCUT2D eigenvalue weighted by atomic mass is 10.0. The highest BCUT2D eigenvalue weighted by Crippen LogP contribution is 2.24. The lowest BCUT2D eigenvalue weighted by Gasteiger charge is -2.09. The fourth-order valence-electron chi connectivity index (χ4n) is 2.44. The number of carbonyl (C=O) groups is 1. The molecule has 0 bridgehead atoms. The Labute approximate surface area is 141 Å². The number of rotatable bonds is 4. The van der Waals surface area contributed by atoms with Crippen molar-refractivity contribution >= 4 is 5.97 Å². The van der Waals surface area contributed by atoms with Crippen LogP contribution in [0.5, 0.6) is 11.5 Å². The molecule has 0 fully saturated rings. The van der Waals surface area contributed by atoms with Gasteiger partial charge >= 0.3 is 5.97 Å². The summed E-state index contributed by atoms with van der Waals surface area (Å²) in [7, 11) is 1.53. The van der Waals surface area contributed by atoms with Gasteiger partial charge in [-0.25, -0.2) is 4.79 Å². The Hall–Kier alpha value is -3.07. The zero-order valence-electron chi connectivity index (χ0n) is 13.7. The largest absolute Gasteiger partial charge is 0.496 e. The summed E-state index contributed by atoms with van der Waals surface area (Å²) in [6.45, 7) is 2.06. The first-order valence-electron chi connectivity index (χ1n) is 7.69. The van der Waals surface area contributed by atoms with E-state index >= 15 is 0 Å². The molecule has 0 heterocycles. The Bertz CT molecular complexity index is 834. The molecule has 0 unspecified atom stereocenters. The Balaban J connectivity index is 1.76. The van der Waals surface area contributed by atoms with Crippen LogP contribution in [0.25, 0.3) is 11.1 Å². The molecule has 24 heavy (non-hydrogen) atoms. The van der Waals surface area contributed by atoms with E-state index in [1.807, 2.05) is 18.2 Å². The smallest absolute Gasteiger partial charge is 0.347 e. The number of ether oxygens (including phenoxy) is 2. The number of para-hydroxylation sites is 1. The summed E-state index contributed by atoms with van der Waals surface area (Å²) in [4.78, 5) is 12.3. The molecule has 0 saturated heterocycles. The second kappa shape index (κ2) is 7.01. The van der Waals surface area contributed by atoms with Crippen LogP contribution in [-0.4, -0.2) is 13.1 Å². The number of aryl methyl sites for hydroxylation is 1. The molecular formula is C21H18O3. The van der Waals surface area contributed by atoms with Crippen molar-refractivity contribution in [1.82, 2.24) is 0 Å². The molecule has 0 amide bonds. The Kier molecular flexibility index (Phi) is 4.62. The van der Waals surface area contributed by atoms with Gasteiger partial charge in [-0.3, -0.25) is 0 Å². The standard InChI is InChI=1S/C21H18O3/c1-15-7-9-16(10-8-15)17-11-13-18(14-12-17)24-21(22)19-5-3-4-6-20(19)23-2/h3-14H,1-2H3. The third-order valence-corrected chi connectivity index (χ3v) is 3.78. The van der Waals surface area contributed by atoms with Crippen molar-refractivity contribution in [2.24, 2.45) is 0 Å². The molecule has 0 aromatic heterocycles. The van der Waals surface area contributed by atoms with E-state index in [1.165, 1.54) is 12.7 Å². The average molecular weight is 318 g/mol. The van der Waals surface area contributed by atoms with Gasteiger partial charge < -0.3 is 9.47 Å². The van der Waals surface area contributed by atoms with Crippen molar-refractivity contribution in [2.75, 3.05) is 7.11 Å². The van der Waals surface area contributed by atoms with Gasteiger partial charge in [0.15, 0.2) is 0 Å². The van der Waals surface area contributed by atoms with Crippen molar-refractivity contribution in [1.29, 1.82) is 0 Å². The first-order chi connectivity index (χ1) is 11.7. The van der Waals surface area contributed by atoms with Crippen LogP contribution in [0.1, 0.15) is 15.9 Å². The predicted octanol–water partition coefficient (Wildman–Crippen LogP) is 4.89. The molecule has 0 saturated carbocycles. The van der Waals surface area contributed by atoms with Crippen LogP contribution < -0.4 is 9.47 Å². The van der Waals surface area contributed by atoms with Crippen LogP contribution in [0.15, 0.2) is 72.8 Å². The second-order valence-corrected chi connectivity index (χ2v) is 5.48. The van der Waals surface area contributed by atoms with E-state index in [-0.39, 0.29) is 0 Å². The van der Waals surface area contributed by atoms with Crippen molar-refractivity contribution < 1.29 is 14.3 Å². The average Bonchev–Trinajstić information content (AvgIpc) is 2.63. The monoisotopic (exact) mass is 318 g/mol. The number of benzene rings is 3. The molecule has 0 N–H and O–H groups in total. The SMILES string of the molecule is COc1ccccc1C(=O)Oc1ccc(-c2ccc(C)cc2)cc1. The summed E-state index contributed by atoms with van der Waals surface area (Å²) in [5.74, 6) is 0.566. The van der Waals surface area contributed by atoms with Gasteiger partial charge in [-0.1, -0.05) is 54.1 Å². The molecule has 3 aromatic rings. The lowest BCUT2D eigenvalue weighted by molar-refractivity contribution is 0.0731. The van der Waals surface area contributed by atoms with E-state index in [0.717, 1.165) is 11.1 Å². The van der Waals surface area contributed by atoms with Crippen molar-refractivity contribution in [2.45, 2.75) is 6.92 Å². The van der Waals surface area contributed by atoms with E-state index in [0.29, 0.717) is 17.1 Å². The molecular weight excluding hydrogens is 300 g/mol. The second-order valence-electron chi connectivity index (χ2n) is 5.48. The summed E-state index contributed by atoms with van der Waals surface area (Å²) >= 11 is 0. The molecule has 3 rings (SSSR count). The molecule has 0 aliphatic carbocycles. The number of hydrogen-bond donors (Lipinski definition) is 0. The van der Waals surface area contributed by atoms with Gasteiger partial charge in [0.2, 0.25) is 0 Å². The van der Waals surface area contributed by atoms with E-state index in [9.17, 15) is 4.79 Å². The third kappa shape index (κ3) is 3.46. The van der Waals surface area contributed by atoms with Gasteiger partial charge in [-0.15, -0.1) is 0 Å². The molecule has 0 radical (unpaired) electrons. The van der Waals surface area contributed by atoms with Crippen LogP contribution >= 0.6 is 0 Å². The van der Waals surface area contributed by atoms with Gasteiger partial charge in [0.1, 0.15) is 17.1 Å². The van der Waals surface area contributed by atoms with E-state index in [1.54, 1.807) is 30.3 Å². The number of carbonyl (C=O) groups excluding carboxylic acids is 1. The van der Waals surface area contributed by atoms with Gasteiger partial charge in [-0.2, -0.15) is 0 Å². The quantitative estimate of drug-likeness (QED) is 0.507. The molecule has 0 atom stereocenters. The highest BCUT2D eigenvalue weighted by Gasteiger charge is 2.13. The van der Waals surface area contributed by atoms with Crippen LogP contribution in [0, 0.1) is 6.92 Å². The first-order valence-corrected chi connectivity index (χ1v) is 7.69. The molecule has 0 aliphatic heterocycles. The van der Waals surface area contributed by atoms with E-state index in [4.69, 9.17) is 9.47 Å². The van der Waals surface area contributed by atoms with Crippen LogP contribution in [0.3, 0.4) is 0 Å². The Morgan fingerprint density at radius 2 is 1.38 bits per heavy atom. The molecule has 3 heteroatoms. The third-order valence-electron chi connectivity index (χ3n) is 3.78. The lowest BCUT2D eigenvalue weighted by Crippen LogP contribution is -2.09. The fraction of sp³-hybridized carbons (Fsp3) is 0.0952. The molecule has 0 aliphatic rings. The van der Waals surface area contributed by atoms with Gasteiger partial charge in [0.05, 0.1) is 7.11 Å². The van der Waals surface area contributed by atoms with Gasteiger partial charge in [0, 0.05) is 0 Å². The highest BCUT2D eigenvalue weighted by atomic mass is 16.5. The number of esters is 1. The van der Waals surface area contributed by atoms with E-state index in [2.05, 4.69) is 31.2 Å². The zero-order chi connectivity index (χ0) is 16.9. The summed E-state index contributed by atoms with van der Waals surface area (Å²) in [6.07, 6.45) is 0.